The van der Waals surface area contributed by atoms with E-state index in [9.17, 15) is 4.21 Å². The summed E-state index contributed by atoms with van der Waals surface area (Å²) < 4.78 is 21.8. The van der Waals surface area contributed by atoms with Crippen molar-refractivity contribution in [3.8, 4) is 38.8 Å². The number of benzene rings is 6. The van der Waals surface area contributed by atoms with Crippen molar-refractivity contribution < 1.29 is 4.21 Å². The Labute approximate surface area is 287 Å². The van der Waals surface area contributed by atoms with Crippen molar-refractivity contribution in [1.29, 1.82) is 0 Å². The van der Waals surface area contributed by atoms with Gasteiger partial charge in [0.05, 0.1) is 32.0 Å². The number of nitrogens with zero attached hydrogens (tertiary/aromatic N) is 4. The zero-order chi connectivity index (χ0) is 32.5. The number of aromatic nitrogens is 3. The fourth-order valence-corrected chi connectivity index (χ4v) is 10.4. The molecular formula is C42H26N4OS2. The molecule has 0 spiro atoms. The SMILES string of the molecule is O=S1(c2ccccc2)=Nc2sc(-c3ccc4c(c3)c3ccccc3n4-c3nc(-c4ccccc4)c4ccccc4n3)cc2-c2ccccc21. The topological polar surface area (TPSA) is 60.1 Å². The number of rotatable bonds is 4. The molecule has 7 heteroatoms. The lowest BCUT2D eigenvalue weighted by molar-refractivity contribution is 0.676. The third-order valence-electron chi connectivity index (χ3n) is 9.26. The molecule has 1 aliphatic heterocycles. The minimum atomic E-state index is -2.82. The Morgan fingerprint density at radius 3 is 2.10 bits per heavy atom. The molecule has 0 saturated carbocycles. The van der Waals surface area contributed by atoms with Crippen LogP contribution in [0.2, 0.25) is 0 Å². The second-order valence-corrected chi connectivity index (χ2v) is 15.3. The van der Waals surface area contributed by atoms with Gasteiger partial charge in [-0.2, -0.15) is 4.36 Å². The lowest BCUT2D eigenvalue weighted by Crippen LogP contribution is -2.06. The minimum Gasteiger partial charge on any atom is -0.278 e. The quantitative estimate of drug-likeness (QED) is 0.188. The fraction of sp³-hybridized carbons (Fsp3) is 0. The number of thiophene rings is 1. The number of hydrogen-bond donors (Lipinski definition) is 0. The van der Waals surface area contributed by atoms with Crippen LogP contribution in [-0.2, 0) is 9.73 Å². The first kappa shape index (κ1) is 28.2. The van der Waals surface area contributed by atoms with Crippen molar-refractivity contribution in [2.24, 2.45) is 4.36 Å². The Morgan fingerprint density at radius 2 is 1.24 bits per heavy atom. The molecule has 0 aliphatic carbocycles. The Kier molecular flexibility index (Phi) is 6.22. The van der Waals surface area contributed by atoms with Crippen molar-refractivity contribution in [3.05, 3.63) is 158 Å². The Balaban J connectivity index is 1.17. The van der Waals surface area contributed by atoms with Crippen LogP contribution in [0.4, 0.5) is 5.00 Å². The molecule has 1 unspecified atom stereocenters. The summed E-state index contributed by atoms with van der Waals surface area (Å²) >= 11 is 1.59. The molecule has 0 saturated heterocycles. The molecule has 0 fully saturated rings. The standard InChI is InChI=1S/C42H26N4OS2/c47-49(29-15-5-2-6-16-29)39-22-12-9-18-31(39)34-26-38(48-41(34)45-49)28-23-24-37-33(25-28)30-17-8-11-21-36(30)46(37)42-43-35-20-10-7-19-32(35)40(44-42)27-13-3-1-4-14-27/h1-26H. The fourth-order valence-electron chi connectivity index (χ4n) is 6.99. The summed E-state index contributed by atoms with van der Waals surface area (Å²) in [5.74, 6) is 0.633. The van der Waals surface area contributed by atoms with Crippen LogP contribution >= 0.6 is 11.3 Å². The first-order valence-corrected chi connectivity index (χ1v) is 18.4. The Hall–Kier alpha value is -5.89. The zero-order valence-electron chi connectivity index (χ0n) is 26.0. The van der Waals surface area contributed by atoms with E-state index in [1.54, 1.807) is 11.3 Å². The summed E-state index contributed by atoms with van der Waals surface area (Å²) in [6.07, 6.45) is 0. The van der Waals surface area contributed by atoms with E-state index in [4.69, 9.17) is 14.3 Å². The van der Waals surface area contributed by atoms with Crippen LogP contribution in [0.15, 0.2) is 172 Å². The highest BCUT2D eigenvalue weighted by molar-refractivity contribution is 7.94. The van der Waals surface area contributed by atoms with E-state index in [1.165, 1.54) is 0 Å². The number of para-hydroxylation sites is 2. The molecular weight excluding hydrogens is 641 g/mol. The molecule has 1 aliphatic rings. The van der Waals surface area contributed by atoms with E-state index in [2.05, 4.69) is 83.4 Å². The third kappa shape index (κ3) is 4.33. The highest BCUT2D eigenvalue weighted by Gasteiger charge is 2.28. The molecule has 0 radical (unpaired) electrons. The van der Waals surface area contributed by atoms with Crippen molar-refractivity contribution >= 4 is 58.8 Å². The van der Waals surface area contributed by atoms with Gasteiger partial charge in [-0.05, 0) is 54.1 Å². The molecule has 9 aromatic rings. The molecule has 0 N–H and O–H groups in total. The minimum absolute atomic E-state index is 0.633. The van der Waals surface area contributed by atoms with Crippen LogP contribution in [0.25, 0.3) is 71.5 Å². The van der Waals surface area contributed by atoms with Gasteiger partial charge in [0.1, 0.15) is 14.7 Å². The lowest BCUT2D eigenvalue weighted by atomic mass is 10.0. The summed E-state index contributed by atoms with van der Waals surface area (Å²) in [5, 5.41) is 4.05. The van der Waals surface area contributed by atoms with E-state index in [1.807, 2.05) is 78.9 Å². The predicted octanol–water partition coefficient (Wildman–Crippen LogP) is 11.3. The van der Waals surface area contributed by atoms with Gasteiger partial charge in [-0.1, -0.05) is 109 Å². The maximum absolute atomic E-state index is 14.6. The molecule has 4 heterocycles. The van der Waals surface area contributed by atoms with Gasteiger partial charge in [0.2, 0.25) is 5.95 Å². The molecule has 232 valence electrons. The number of fused-ring (bicyclic) bond motifs is 7. The first-order chi connectivity index (χ1) is 24.2. The van der Waals surface area contributed by atoms with Gasteiger partial charge in [0, 0.05) is 37.7 Å². The molecule has 1 atom stereocenters. The smallest absolute Gasteiger partial charge is 0.235 e. The van der Waals surface area contributed by atoms with Gasteiger partial charge in [-0.3, -0.25) is 4.57 Å². The summed E-state index contributed by atoms with van der Waals surface area (Å²) in [6, 6.07) is 53.3. The molecule has 6 aromatic carbocycles. The van der Waals surface area contributed by atoms with Crippen molar-refractivity contribution in [3.63, 3.8) is 0 Å². The van der Waals surface area contributed by atoms with Gasteiger partial charge < -0.3 is 0 Å². The van der Waals surface area contributed by atoms with E-state index in [0.717, 1.165) is 80.3 Å². The monoisotopic (exact) mass is 666 g/mol. The second kappa shape index (κ2) is 10.8. The summed E-state index contributed by atoms with van der Waals surface area (Å²) in [5.41, 5.74) is 8.01. The summed E-state index contributed by atoms with van der Waals surface area (Å²) in [6.45, 7) is 0. The second-order valence-electron chi connectivity index (χ2n) is 12.1. The van der Waals surface area contributed by atoms with E-state index >= 15 is 0 Å². The number of hydrogen-bond acceptors (Lipinski definition) is 5. The normalized spacial score (nSPS) is 15.3. The highest BCUT2D eigenvalue weighted by atomic mass is 32.2. The lowest BCUT2D eigenvalue weighted by Gasteiger charge is -2.19. The van der Waals surface area contributed by atoms with Crippen LogP contribution in [0.5, 0.6) is 0 Å². The van der Waals surface area contributed by atoms with E-state index in [-0.39, 0.29) is 0 Å². The molecule has 49 heavy (non-hydrogen) atoms. The van der Waals surface area contributed by atoms with E-state index < -0.39 is 9.73 Å². The average Bonchev–Trinajstić information content (AvgIpc) is 3.74. The van der Waals surface area contributed by atoms with Crippen LogP contribution in [-0.4, -0.2) is 18.7 Å². The summed E-state index contributed by atoms with van der Waals surface area (Å²) in [4.78, 5) is 12.9. The maximum atomic E-state index is 14.6. The van der Waals surface area contributed by atoms with E-state index in [0.29, 0.717) is 5.95 Å². The molecule has 0 amide bonds. The van der Waals surface area contributed by atoms with Crippen LogP contribution in [0, 0.1) is 0 Å². The summed E-state index contributed by atoms with van der Waals surface area (Å²) in [7, 11) is -2.82. The highest BCUT2D eigenvalue weighted by Crippen LogP contribution is 2.51. The van der Waals surface area contributed by atoms with Crippen molar-refractivity contribution in [2.75, 3.05) is 0 Å². The van der Waals surface area contributed by atoms with Gasteiger partial charge in [0.25, 0.3) is 0 Å². The molecule has 5 nitrogen and oxygen atoms in total. The molecule has 0 bridgehead atoms. The predicted molar refractivity (Wildman–Crippen MR) is 201 cm³/mol. The van der Waals surface area contributed by atoms with Gasteiger partial charge in [-0.25, -0.2) is 14.2 Å². The third-order valence-corrected chi connectivity index (χ3v) is 12.8. The van der Waals surface area contributed by atoms with Gasteiger partial charge >= 0.3 is 0 Å². The average molecular weight is 667 g/mol. The Morgan fingerprint density at radius 1 is 0.551 bits per heavy atom. The van der Waals surface area contributed by atoms with Gasteiger partial charge in [-0.15, -0.1) is 11.3 Å². The molecule has 10 rings (SSSR count). The largest absolute Gasteiger partial charge is 0.278 e. The van der Waals surface area contributed by atoms with Crippen LogP contribution in [0.3, 0.4) is 0 Å². The van der Waals surface area contributed by atoms with Crippen LogP contribution in [0.1, 0.15) is 0 Å². The zero-order valence-corrected chi connectivity index (χ0v) is 27.7. The molecule has 3 aromatic heterocycles. The van der Waals surface area contributed by atoms with Crippen LogP contribution < -0.4 is 0 Å². The first-order valence-electron chi connectivity index (χ1n) is 16.1. The van der Waals surface area contributed by atoms with Crippen molar-refractivity contribution in [2.45, 2.75) is 9.79 Å². The maximum Gasteiger partial charge on any atom is 0.235 e. The van der Waals surface area contributed by atoms with Crippen molar-refractivity contribution in [1.82, 2.24) is 14.5 Å². The Bertz CT molecular complexity index is 2880. The van der Waals surface area contributed by atoms with Gasteiger partial charge in [0.15, 0.2) is 0 Å².